The molecule has 2 aromatic carbocycles. The second-order valence-electron chi connectivity index (χ2n) is 9.45. The normalized spacial score (nSPS) is 21.2. The summed E-state index contributed by atoms with van der Waals surface area (Å²) in [4.78, 5) is 9.42. The number of nitrogens with one attached hydrogen (secondary N) is 2. The first-order chi connectivity index (χ1) is 16.2. The second kappa shape index (κ2) is 12.2. The van der Waals surface area contributed by atoms with Crippen LogP contribution in [0.5, 0.6) is 0 Å². The summed E-state index contributed by atoms with van der Waals surface area (Å²) in [6, 6.07) is 20.0. The highest BCUT2D eigenvalue weighted by molar-refractivity contribution is 5.80. The Hall–Kier alpha value is -2.41. The maximum absolute atomic E-state index is 9.68. The topological polar surface area (TPSA) is 63.1 Å². The first-order valence-electron chi connectivity index (χ1n) is 12.4. The van der Waals surface area contributed by atoms with Crippen molar-refractivity contribution >= 4 is 5.96 Å². The van der Waals surface area contributed by atoms with Gasteiger partial charge >= 0.3 is 0 Å². The van der Waals surface area contributed by atoms with Crippen LogP contribution in [0.15, 0.2) is 59.6 Å². The van der Waals surface area contributed by atoms with Gasteiger partial charge in [0.1, 0.15) is 0 Å². The van der Waals surface area contributed by atoms with Crippen LogP contribution in [0.25, 0.3) is 0 Å². The molecule has 1 unspecified atom stereocenters. The standard InChI is InChI=1S/C27H39N5O/c1-28-27(30-25-8-5-15-32(21-25)20-23-6-3-2-4-7-23)29-18-22-9-11-24(12-10-22)19-31-16-13-26(33)14-17-31/h2-4,6-7,9-12,25-26,33H,5,8,13-21H2,1H3,(H2,28,29,30). The van der Waals surface area contributed by atoms with Gasteiger partial charge in [0, 0.05) is 52.4 Å². The van der Waals surface area contributed by atoms with E-state index >= 15 is 0 Å². The van der Waals surface area contributed by atoms with E-state index in [0.717, 1.165) is 64.6 Å². The lowest BCUT2D eigenvalue weighted by Crippen LogP contribution is -2.50. The molecule has 0 radical (unpaired) electrons. The number of aliphatic hydroxyl groups is 1. The van der Waals surface area contributed by atoms with E-state index in [2.05, 4.69) is 80.0 Å². The van der Waals surface area contributed by atoms with Gasteiger partial charge in [0.15, 0.2) is 5.96 Å². The Kier molecular flexibility index (Phi) is 8.75. The number of rotatable bonds is 7. The molecule has 2 aliphatic rings. The Morgan fingerprint density at radius 2 is 1.55 bits per heavy atom. The van der Waals surface area contributed by atoms with Gasteiger partial charge in [-0.15, -0.1) is 0 Å². The molecule has 6 heteroatoms. The average Bonchev–Trinajstić information content (AvgIpc) is 2.85. The van der Waals surface area contributed by atoms with Gasteiger partial charge in [-0.2, -0.15) is 0 Å². The van der Waals surface area contributed by atoms with Crippen molar-refractivity contribution in [2.24, 2.45) is 4.99 Å². The minimum absolute atomic E-state index is 0.113. The van der Waals surface area contributed by atoms with E-state index in [1.54, 1.807) is 0 Å². The number of aliphatic hydroxyl groups excluding tert-OH is 1. The fraction of sp³-hybridized carbons (Fsp3) is 0.519. The molecule has 0 aliphatic carbocycles. The highest BCUT2D eigenvalue weighted by atomic mass is 16.3. The molecule has 33 heavy (non-hydrogen) atoms. The maximum atomic E-state index is 9.68. The molecule has 0 spiro atoms. The number of aliphatic imine (C=N–C) groups is 1. The van der Waals surface area contributed by atoms with Gasteiger partial charge in [-0.1, -0.05) is 54.6 Å². The summed E-state index contributed by atoms with van der Waals surface area (Å²) in [7, 11) is 1.85. The van der Waals surface area contributed by atoms with Crippen LogP contribution >= 0.6 is 0 Å². The van der Waals surface area contributed by atoms with Gasteiger partial charge in [-0.3, -0.25) is 14.8 Å². The third-order valence-electron chi connectivity index (χ3n) is 6.77. The van der Waals surface area contributed by atoms with Crippen molar-refractivity contribution < 1.29 is 5.11 Å². The third-order valence-corrected chi connectivity index (χ3v) is 6.77. The fourth-order valence-corrected chi connectivity index (χ4v) is 4.83. The molecule has 0 saturated carbocycles. The largest absolute Gasteiger partial charge is 0.393 e. The van der Waals surface area contributed by atoms with E-state index < -0.39 is 0 Å². The Bertz CT molecular complexity index is 862. The third kappa shape index (κ3) is 7.56. The van der Waals surface area contributed by atoms with Gasteiger partial charge in [0.25, 0.3) is 0 Å². The first kappa shape index (κ1) is 23.7. The fourth-order valence-electron chi connectivity index (χ4n) is 4.83. The zero-order chi connectivity index (χ0) is 22.9. The number of likely N-dealkylation sites (tertiary alicyclic amines) is 2. The van der Waals surface area contributed by atoms with Crippen molar-refractivity contribution in [3.05, 3.63) is 71.3 Å². The van der Waals surface area contributed by atoms with Gasteiger partial charge in [-0.05, 0) is 48.9 Å². The summed E-state index contributed by atoms with van der Waals surface area (Å²) in [5, 5.41) is 16.8. The zero-order valence-corrected chi connectivity index (χ0v) is 19.9. The van der Waals surface area contributed by atoms with E-state index in [0.29, 0.717) is 6.04 Å². The van der Waals surface area contributed by atoms with Crippen molar-refractivity contribution in [3.63, 3.8) is 0 Å². The first-order valence-corrected chi connectivity index (χ1v) is 12.4. The van der Waals surface area contributed by atoms with Crippen LogP contribution in [0, 0.1) is 0 Å². The maximum Gasteiger partial charge on any atom is 0.191 e. The number of hydrogen-bond acceptors (Lipinski definition) is 4. The van der Waals surface area contributed by atoms with E-state index in [-0.39, 0.29) is 6.10 Å². The zero-order valence-electron chi connectivity index (χ0n) is 19.9. The Labute approximate surface area is 198 Å². The van der Waals surface area contributed by atoms with Crippen LogP contribution in [0.3, 0.4) is 0 Å². The summed E-state index contributed by atoms with van der Waals surface area (Å²) >= 11 is 0. The molecular weight excluding hydrogens is 410 g/mol. The van der Waals surface area contributed by atoms with Crippen molar-refractivity contribution in [2.75, 3.05) is 33.2 Å². The molecule has 2 aliphatic heterocycles. The van der Waals surface area contributed by atoms with Crippen LogP contribution < -0.4 is 10.6 Å². The predicted molar refractivity (Wildman–Crippen MR) is 135 cm³/mol. The number of guanidine groups is 1. The number of piperidine rings is 2. The molecule has 0 amide bonds. The quantitative estimate of drug-likeness (QED) is 0.448. The van der Waals surface area contributed by atoms with E-state index in [1.165, 1.54) is 29.5 Å². The van der Waals surface area contributed by atoms with Crippen molar-refractivity contribution in [2.45, 2.75) is 57.5 Å². The van der Waals surface area contributed by atoms with E-state index in [4.69, 9.17) is 0 Å². The van der Waals surface area contributed by atoms with Gasteiger partial charge in [-0.25, -0.2) is 0 Å². The monoisotopic (exact) mass is 449 g/mol. The van der Waals surface area contributed by atoms with Crippen LogP contribution in [0.2, 0.25) is 0 Å². The Balaban J connectivity index is 1.21. The molecule has 0 bridgehead atoms. The SMILES string of the molecule is CN=C(NCc1ccc(CN2CCC(O)CC2)cc1)NC1CCCN(Cc2ccccc2)C1. The van der Waals surface area contributed by atoms with Crippen LogP contribution in [0.1, 0.15) is 42.4 Å². The molecule has 6 nitrogen and oxygen atoms in total. The Morgan fingerprint density at radius 3 is 2.27 bits per heavy atom. The van der Waals surface area contributed by atoms with Crippen LogP contribution in [-0.4, -0.2) is 66.2 Å². The Morgan fingerprint density at radius 1 is 0.879 bits per heavy atom. The van der Waals surface area contributed by atoms with E-state index in [9.17, 15) is 5.11 Å². The van der Waals surface area contributed by atoms with E-state index in [1.807, 2.05) is 7.05 Å². The number of hydrogen-bond donors (Lipinski definition) is 3. The van der Waals surface area contributed by atoms with Crippen molar-refractivity contribution in [1.29, 1.82) is 0 Å². The highest BCUT2D eigenvalue weighted by Gasteiger charge is 2.21. The average molecular weight is 450 g/mol. The lowest BCUT2D eigenvalue weighted by Gasteiger charge is -2.34. The van der Waals surface area contributed by atoms with Gasteiger partial charge in [0.2, 0.25) is 0 Å². The smallest absolute Gasteiger partial charge is 0.191 e. The lowest BCUT2D eigenvalue weighted by atomic mass is 10.0. The molecule has 0 aromatic heterocycles. The predicted octanol–water partition coefficient (Wildman–Crippen LogP) is 2.97. The molecule has 3 N–H and O–H groups in total. The van der Waals surface area contributed by atoms with Gasteiger partial charge in [0.05, 0.1) is 6.10 Å². The van der Waals surface area contributed by atoms with Crippen LogP contribution in [0.4, 0.5) is 0 Å². The minimum atomic E-state index is -0.113. The summed E-state index contributed by atoms with van der Waals surface area (Å²) in [5.74, 6) is 0.873. The van der Waals surface area contributed by atoms with Gasteiger partial charge < -0.3 is 15.7 Å². The number of nitrogens with zero attached hydrogens (tertiary/aromatic N) is 3. The molecule has 2 saturated heterocycles. The lowest BCUT2D eigenvalue weighted by molar-refractivity contribution is 0.0792. The summed E-state index contributed by atoms with van der Waals surface area (Å²) in [6.07, 6.45) is 4.05. The molecule has 178 valence electrons. The molecule has 1 atom stereocenters. The summed E-state index contributed by atoms with van der Waals surface area (Å²) in [5.41, 5.74) is 3.96. The molecule has 2 heterocycles. The second-order valence-corrected chi connectivity index (χ2v) is 9.45. The number of benzene rings is 2. The van der Waals surface area contributed by atoms with Crippen molar-refractivity contribution in [1.82, 2.24) is 20.4 Å². The summed E-state index contributed by atoms with van der Waals surface area (Å²) < 4.78 is 0. The highest BCUT2D eigenvalue weighted by Crippen LogP contribution is 2.15. The molecule has 4 rings (SSSR count). The van der Waals surface area contributed by atoms with Crippen LogP contribution in [-0.2, 0) is 19.6 Å². The molecule has 2 fully saturated rings. The molecular formula is C27H39N5O. The summed E-state index contributed by atoms with van der Waals surface area (Å²) in [6.45, 7) is 6.89. The van der Waals surface area contributed by atoms with Crippen molar-refractivity contribution in [3.8, 4) is 0 Å². The molecule has 2 aromatic rings. The minimum Gasteiger partial charge on any atom is -0.393 e.